The van der Waals surface area contributed by atoms with Crippen molar-refractivity contribution < 1.29 is 32.6 Å². The zero-order valence-electron chi connectivity index (χ0n) is 20.4. The molecule has 0 aliphatic heterocycles. The van der Waals surface area contributed by atoms with Crippen molar-refractivity contribution in [1.29, 1.82) is 0 Å². The second-order valence-corrected chi connectivity index (χ2v) is 9.18. The predicted octanol–water partition coefficient (Wildman–Crippen LogP) is 4.79. The molecule has 4 N–H and O–H groups in total. The van der Waals surface area contributed by atoms with Crippen molar-refractivity contribution in [3.63, 3.8) is 0 Å². The van der Waals surface area contributed by atoms with Gasteiger partial charge in [-0.25, -0.2) is 15.0 Å². The number of imidazole rings is 1. The van der Waals surface area contributed by atoms with Gasteiger partial charge in [-0.1, -0.05) is 0 Å². The smallest absolute Gasteiger partial charge is 0.481 e. The van der Waals surface area contributed by atoms with E-state index in [4.69, 9.17) is 10.8 Å². The van der Waals surface area contributed by atoms with Crippen LogP contribution in [0.5, 0.6) is 5.75 Å². The first kappa shape index (κ1) is 25.9. The minimum absolute atomic E-state index is 0.176. The average molecular weight is 541 g/mol. The molecule has 0 atom stereocenters. The molecule has 0 bridgehead atoms. The molecule has 3 heterocycles. The number of aromatic nitrogens is 4. The Morgan fingerprint density at radius 2 is 1.79 bits per heavy atom. The Bertz CT molecular complexity index is 1530. The summed E-state index contributed by atoms with van der Waals surface area (Å²) >= 11 is 0. The highest BCUT2D eigenvalue weighted by Gasteiger charge is 2.32. The van der Waals surface area contributed by atoms with Crippen LogP contribution >= 0.6 is 0 Å². The van der Waals surface area contributed by atoms with Gasteiger partial charge >= 0.3 is 12.3 Å². The van der Waals surface area contributed by atoms with Gasteiger partial charge in [0.1, 0.15) is 23.2 Å². The van der Waals surface area contributed by atoms with Gasteiger partial charge in [-0.15, -0.1) is 13.2 Å². The fourth-order valence-electron chi connectivity index (χ4n) is 4.72. The van der Waals surface area contributed by atoms with E-state index in [1.807, 2.05) is 0 Å². The number of carbonyl (C=O) groups is 2. The first-order chi connectivity index (χ1) is 18.6. The van der Waals surface area contributed by atoms with Gasteiger partial charge in [0.05, 0.1) is 34.4 Å². The maximum Gasteiger partial charge on any atom is 0.573 e. The Hall–Kier alpha value is -4.68. The zero-order chi connectivity index (χ0) is 27.7. The van der Waals surface area contributed by atoms with E-state index in [-0.39, 0.29) is 23.5 Å². The Balaban J connectivity index is 1.46. The van der Waals surface area contributed by atoms with Gasteiger partial charge in [-0.2, -0.15) is 0 Å². The van der Waals surface area contributed by atoms with Crippen LogP contribution in [0.1, 0.15) is 25.7 Å². The van der Waals surface area contributed by atoms with Gasteiger partial charge < -0.3 is 20.9 Å². The molecule has 1 saturated carbocycles. The van der Waals surface area contributed by atoms with Crippen LogP contribution in [0.2, 0.25) is 0 Å². The lowest BCUT2D eigenvalue weighted by atomic mass is 9.81. The Morgan fingerprint density at radius 1 is 1.05 bits per heavy atom. The van der Waals surface area contributed by atoms with Gasteiger partial charge in [0.25, 0.3) is 0 Å². The lowest BCUT2D eigenvalue weighted by molar-refractivity contribution is -0.274. The summed E-state index contributed by atoms with van der Waals surface area (Å²) in [6.07, 6.45) is -0.0923. The third-order valence-electron chi connectivity index (χ3n) is 6.64. The summed E-state index contributed by atoms with van der Waals surface area (Å²) < 4.78 is 44.3. The summed E-state index contributed by atoms with van der Waals surface area (Å²) in [5.74, 6) is -1.47. The minimum atomic E-state index is -4.87. The number of carbonyl (C=O) groups excluding carboxylic acids is 1. The highest BCUT2D eigenvalue weighted by Crippen LogP contribution is 2.34. The van der Waals surface area contributed by atoms with Crippen LogP contribution < -0.4 is 15.8 Å². The van der Waals surface area contributed by atoms with Gasteiger partial charge in [0, 0.05) is 18.2 Å². The summed E-state index contributed by atoms with van der Waals surface area (Å²) in [6, 6.07) is 10.3. The number of rotatable bonds is 6. The summed E-state index contributed by atoms with van der Waals surface area (Å²) in [5, 5.41) is 11.9. The molecule has 5 rings (SSSR count). The molecular formula is C26H23F3N6O4. The monoisotopic (exact) mass is 540 g/mol. The lowest BCUT2D eigenvalue weighted by Crippen LogP contribution is -2.29. The molecule has 1 fully saturated rings. The van der Waals surface area contributed by atoms with E-state index in [0.29, 0.717) is 53.8 Å². The summed E-state index contributed by atoms with van der Waals surface area (Å²) in [7, 11) is 0. The van der Waals surface area contributed by atoms with Crippen LogP contribution in [0.25, 0.3) is 28.1 Å². The van der Waals surface area contributed by atoms with Crippen molar-refractivity contribution in [1.82, 2.24) is 19.5 Å². The number of carboxylic acid groups (broad SMARTS) is 1. The molecule has 0 radical (unpaired) electrons. The molecular weight excluding hydrogens is 517 g/mol. The topological polar surface area (TPSA) is 145 Å². The fraction of sp³-hybridized carbons (Fsp3) is 0.269. The highest BCUT2D eigenvalue weighted by molar-refractivity contribution is 5.92. The zero-order valence-corrected chi connectivity index (χ0v) is 20.4. The van der Waals surface area contributed by atoms with Crippen molar-refractivity contribution in [2.24, 2.45) is 11.8 Å². The maximum absolute atomic E-state index is 12.9. The molecule has 1 aliphatic rings. The van der Waals surface area contributed by atoms with Crippen LogP contribution in [-0.2, 0) is 9.59 Å². The quantitative estimate of drug-likeness (QED) is 0.316. The van der Waals surface area contributed by atoms with Gasteiger partial charge in [0.2, 0.25) is 5.91 Å². The number of alkyl halides is 3. The minimum Gasteiger partial charge on any atom is -0.481 e. The van der Waals surface area contributed by atoms with Crippen LogP contribution in [0.4, 0.5) is 24.8 Å². The van der Waals surface area contributed by atoms with Crippen molar-refractivity contribution in [2.45, 2.75) is 32.0 Å². The molecule has 1 aliphatic carbocycles. The number of anilines is 2. The second-order valence-electron chi connectivity index (χ2n) is 9.18. The number of carboxylic acids is 1. The molecule has 10 nitrogen and oxygen atoms in total. The van der Waals surface area contributed by atoms with Crippen LogP contribution in [0, 0.1) is 11.8 Å². The van der Waals surface area contributed by atoms with Crippen molar-refractivity contribution >= 4 is 34.5 Å². The standard InChI is InChI=1S/C26H23F3N6O4/c27-26(28,29)39-17-8-9-19-20(12-17)35(23(33-19)18-2-1-11-31-22(18)30)16-7-10-21(32-13-16)34-24(36)14-3-5-15(6-4-14)25(37)38/h1-2,7-15H,3-6H2,(H2,30,31)(H,37,38)(H,32,34,36). The SMILES string of the molecule is Nc1ncccc1-c1nc2ccc(OC(F)(F)F)cc2n1-c1ccc(NC(=O)C2CCC(C(=O)O)CC2)nc1. The predicted molar refractivity (Wildman–Crippen MR) is 135 cm³/mol. The van der Waals surface area contributed by atoms with E-state index >= 15 is 0 Å². The molecule has 1 amide bonds. The van der Waals surface area contributed by atoms with Gasteiger partial charge in [-0.3, -0.25) is 14.2 Å². The number of nitrogens with two attached hydrogens (primary N) is 1. The number of pyridine rings is 2. The molecule has 39 heavy (non-hydrogen) atoms. The Labute approximate surface area is 219 Å². The number of fused-ring (bicyclic) bond motifs is 1. The number of nitrogen functional groups attached to an aromatic ring is 1. The first-order valence-electron chi connectivity index (χ1n) is 12.1. The fourth-order valence-corrected chi connectivity index (χ4v) is 4.72. The number of benzene rings is 1. The molecule has 0 spiro atoms. The molecule has 4 aromatic rings. The molecule has 3 aromatic heterocycles. The number of ether oxygens (including phenoxy) is 1. The molecule has 0 unspecified atom stereocenters. The number of halogens is 3. The third-order valence-corrected chi connectivity index (χ3v) is 6.64. The number of amides is 1. The van der Waals surface area contributed by atoms with Crippen molar-refractivity contribution in [3.8, 4) is 22.8 Å². The summed E-state index contributed by atoms with van der Waals surface area (Å²) in [4.78, 5) is 36.9. The largest absolute Gasteiger partial charge is 0.573 e. The van der Waals surface area contributed by atoms with E-state index in [1.54, 1.807) is 28.8 Å². The number of nitrogens with zero attached hydrogens (tertiary/aromatic N) is 4. The number of aliphatic carboxylic acids is 1. The molecule has 0 saturated heterocycles. The summed E-state index contributed by atoms with van der Waals surface area (Å²) in [6.45, 7) is 0. The van der Waals surface area contributed by atoms with E-state index < -0.39 is 24.0 Å². The van der Waals surface area contributed by atoms with E-state index in [1.165, 1.54) is 30.6 Å². The van der Waals surface area contributed by atoms with Gasteiger partial charge in [-0.05, 0) is 62.1 Å². The maximum atomic E-state index is 12.9. The van der Waals surface area contributed by atoms with Gasteiger partial charge in [0.15, 0.2) is 0 Å². The summed E-state index contributed by atoms with van der Waals surface area (Å²) in [5.41, 5.74) is 7.68. The number of nitrogens with one attached hydrogen (secondary N) is 1. The molecule has 1 aromatic carbocycles. The highest BCUT2D eigenvalue weighted by atomic mass is 19.4. The second kappa shape index (κ2) is 10.2. The number of hydrogen-bond donors (Lipinski definition) is 3. The lowest BCUT2D eigenvalue weighted by Gasteiger charge is -2.25. The first-order valence-corrected chi connectivity index (χ1v) is 12.1. The Morgan fingerprint density at radius 3 is 2.44 bits per heavy atom. The van der Waals surface area contributed by atoms with Crippen LogP contribution in [-0.4, -0.2) is 42.9 Å². The van der Waals surface area contributed by atoms with E-state index in [9.17, 15) is 22.8 Å². The molecule has 202 valence electrons. The average Bonchev–Trinajstić information content (AvgIpc) is 3.27. The third kappa shape index (κ3) is 5.61. The number of hydrogen-bond acceptors (Lipinski definition) is 7. The van der Waals surface area contributed by atoms with Crippen molar-refractivity contribution in [2.75, 3.05) is 11.1 Å². The van der Waals surface area contributed by atoms with Crippen LogP contribution in [0.3, 0.4) is 0 Å². The normalized spacial score (nSPS) is 17.6. The van der Waals surface area contributed by atoms with Crippen LogP contribution in [0.15, 0.2) is 54.9 Å². The van der Waals surface area contributed by atoms with E-state index in [0.717, 1.165) is 0 Å². The van der Waals surface area contributed by atoms with E-state index in [2.05, 4.69) is 25.0 Å². The van der Waals surface area contributed by atoms with Crippen molar-refractivity contribution in [3.05, 3.63) is 54.9 Å². The Kier molecular flexibility index (Phi) is 6.81. The molecule has 13 heteroatoms.